The van der Waals surface area contributed by atoms with E-state index in [2.05, 4.69) is 0 Å². The molecule has 1 fully saturated rings. The summed E-state index contributed by atoms with van der Waals surface area (Å²) in [5, 5.41) is 8.66. The van der Waals surface area contributed by atoms with E-state index < -0.39 is 5.97 Å². The second-order valence-electron chi connectivity index (χ2n) is 3.94. The van der Waals surface area contributed by atoms with Gasteiger partial charge in [0, 0.05) is 0 Å². The summed E-state index contributed by atoms with van der Waals surface area (Å²) in [6.45, 7) is 1.74. The Balaban J connectivity index is 2.28. The molecule has 90 valence electrons. The fourth-order valence-corrected chi connectivity index (χ4v) is 3.17. The number of rotatable bonds is 3. The zero-order chi connectivity index (χ0) is 12.4. The van der Waals surface area contributed by atoms with Gasteiger partial charge in [-0.05, 0) is 18.1 Å². The molecule has 1 aromatic carbocycles. The van der Waals surface area contributed by atoms with E-state index in [9.17, 15) is 9.59 Å². The van der Waals surface area contributed by atoms with Crippen molar-refractivity contribution in [3.8, 4) is 0 Å². The van der Waals surface area contributed by atoms with Gasteiger partial charge in [-0.2, -0.15) is 0 Å². The Morgan fingerprint density at radius 3 is 2.88 bits per heavy atom. The van der Waals surface area contributed by atoms with Gasteiger partial charge in [0.1, 0.15) is 11.9 Å². The maximum absolute atomic E-state index is 11.6. The van der Waals surface area contributed by atoms with E-state index in [1.54, 1.807) is 0 Å². The molecule has 0 unspecified atom stereocenters. The lowest BCUT2D eigenvalue weighted by molar-refractivity contribution is -0.143. The highest BCUT2D eigenvalue weighted by atomic mass is 32.2. The van der Waals surface area contributed by atoms with Crippen LogP contribution >= 0.6 is 11.8 Å². The van der Waals surface area contributed by atoms with E-state index in [-0.39, 0.29) is 17.8 Å². The Morgan fingerprint density at radius 1 is 1.53 bits per heavy atom. The summed E-state index contributed by atoms with van der Waals surface area (Å²) in [7, 11) is 0. The second kappa shape index (κ2) is 4.79. The van der Waals surface area contributed by atoms with Crippen molar-refractivity contribution in [2.24, 2.45) is 0 Å². The summed E-state index contributed by atoms with van der Waals surface area (Å²) in [6, 6.07) is 7.75. The van der Waals surface area contributed by atoms with E-state index in [1.165, 1.54) is 16.7 Å². The van der Waals surface area contributed by atoms with Gasteiger partial charge in [0.05, 0.1) is 5.75 Å². The van der Waals surface area contributed by atoms with Crippen LogP contribution in [-0.4, -0.2) is 34.2 Å². The van der Waals surface area contributed by atoms with Gasteiger partial charge in [0.15, 0.2) is 0 Å². The minimum atomic E-state index is -0.973. The lowest BCUT2D eigenvalue weighted by Crippen LogP contribution is -2.33. The molecule has 1 N–H and O–H groups in total. The van der Waals surface area contributed by atoms with Crippen LogP contribution in [0.1, 0.15) is 16.5 Å². The molecular formula is C12H13NO3S. The molecule has 0 spiro atoms. The van der Waals surface area contributed by atoms with E-state index >= 15 is 0 Å². The lowest BCUT2D eigenvalue weighted by atomic mass is 10.1. The number of aliphatic carboxylic acids is 1. The average Bonchev–Trinajstić information content (AvgIpc) is 2.61. The van der Waals surface area contributed by atoms with Crippen molar-refractivity contribution in [3.05, 3.63) is 35.4 Å². The summed E-state index contributed by atoms with van der Waals surface area (Å²) < 4.78 is 0. The van der Waals surface area contributed by atoms with Gasteiger partial charge in [0.25, 0.3) is 0 Å². The molecule has 4 nitrogen and oxygen atoms in total. The molecule has 1 heterocycles. The zero-order valence-corrected chi connectivity index (χ0v) is 10.2. The maximum Gasteiger partial charge on any atom is 0.323 e. The molecule has 1 aliphatic heterocycles. The fraction of sp³-hybridized carbons (Fsp3) is 0.333. The molecule has 2 rings (SSSR count). The molecule has 0 aliphatic carbocycles. The predicted molar refractivity (Wildman–Crippen MR) is 65.7 cm³/mol. The van der Waals surface area contributed by atoms with Crippen LogP contribution in [0.2, 0.25) is 0 Å². The van der Waals surface area contributed by atoms with Crippen LogP contribution < -0.4 is 0 Å². The Labute approximate surface area is 104 Å². The molecule has 17 heavy (non-hydrogen) atoms. The summed E-state index contributed by atoms with van der Waals surface area (Å²) in [5.74, 6) is -0.725. The van der Waals surface area contributed by atoms with E-state index in [0.29, 0.717) is 5.75 Å². The third-order valence-electron chi connectivity index (χ3n) is 2.73. The molecule has 1 amide bonds. The van der Waals surface area contributed by atoms with E-state index in [4.69, 9.17) is 5.11 Å². The first-order valence-electron chi connectivity index (χ1n) is 5.28. The van der Waals surface area contributed by atoms with Crippen molar-refractivity contribution in [1.82, 2.24) is 4.90 Å². The Kier molecular flexibility index (Phi) is 3.38. The summed E-state index contributed by atoms with van der Waals surface area (Å²) in [6.07, 6.45) is 0. The van der Waals surface area contributed by atoms with Crippen molar-refractivity contribution in [3.63, 3.8) is 0 Å². The highest BCUT2D eigenvalue weighted by Gasteiger charge is 2.34. The molecule has 0 aromatic heterocycles. The number of nitrogens with zero attached hydrogens (tertiary/aromatic N) is 1. The number of carbonyl (C=O) groups is 2. The quantitative estimate of drug-likeness (QED) is 0.887. The van der Waals surface area contributed by atoms with E-state index in [0.717, 1.165) is 11.1 Å². The highest BCUT2D eigenvalue weighted by molar-refractivity contribution is 8.00. The smallest absolute Gasteiger partial charge is 0.323 e. The number of carbonyl (C=O) groups excluding carboxylic acids is 1. The number of benzene rings is 1. The monoisotopic (exact) mass is 251 g/mol. The Morgan fingerprint density at radius 2 is 2.24 bits per heavy atom. The van der Waals surface area contributed by atoms with Crippen molar-refractivity contribution in [1.29, 1.82) is 0 Å². The topological polar surface area (TPSA) is 57.6 Å². The molecule has 5 heteroatoms. The van der Waals surface area contributed by atoms with Crippen molar-refractivity contribution >= 4 is 23.6 Å². The molecule has 1 atom stereocenters. The molecule has 1 aromatic rings. The summed E-state index contributed by atoms with van der Waals surface area (Å²) in [4.78, 5) is 23.8. The first-order valence-corrected chi connectivity index (χ1v) is 6.33. The predicted octanol–water partition coefficient (Wildman–Crippen LogP) is 1.65. The van der Waals surface area contributed by atoms with Crippen LogP contribution in [-0.2, 0) is 9.59 Å². The van der Waals surface area contributed by atoms with Crippen LogP contribution in [0.5, 0.6) is 0 Å². The van der Waals surface area contributed by atoms with Gasteiger partial charge < -0.3 is 10.0 Å². The first-order chi connectivity index (χ1) is 8.09. The maximum atomic E-state index is 11.6. The first kappa shape index (κ1) is 12.0. The van der Waals surface area contributed by atoms with Crippen LogP contribution in [0.25, 0.3) is 0 Å². The summed E-state index contributed by atoms with van der Waals surface area (Å²) in [5.41, 5.74) is 2.10. The van der Waals surface area contributed by atoms with Gasteiger partial charge in [-0.25, -0.2) is 0 Å². The molecular weight excluding hydrogens is 238 g/mol. The van der Waals surface area contributed by atoms with Crippen LogP contribution in [0.4, 0.5) is 0 Å². The molecule has 1 aliphatic rings. The Bertz CT molecular complexity index is 461. The average molecular weight is 251 g/mol. The standard InChI is InChI=1S/C12H13NO3S/c1-8-4-2-3-5-9(8)12-13(6-11(15)16)10(14)7-17-12/h2-5,12H,6-7H2,1H3,(H,15,16)/t12-/m1/s1. The van der Waals surface area contributed by atoms with Crippen LogP contribution in [0, 0.1) is 6.92 Å². The normalized spacial score (nSPS) is 19.7. The number of carboxylic acids is 1. The number of amides is 1. The van der Waals surface area contributed by atoms with Gasteiger partial charge >= 0.3 is 5.97 Å². The minimum absolute atomic E-state index is 0.106. The fourth-order valence-electron chi connectivity index (χ4n) is 1.89. The van der Waals surface area contributed by atoms with Crippen molar-refractivity contribution in [2.45, 2.75) is 12.3 Å². The third kappa shape index (κ3) is 2.44. The number of hydrogen-bond acceptors (Lipinski definition) is 3. The summed E-state index contributed by atoms with van der Waals surface area (Å²) >= 11 is 1.48. The lowest BCUT2D eigenvalue weighted by Gasteiger charge is -2.23. The van der Waals surface area contributed by atoms with Gasteiger partial charge in [0.2, 0.25) is 5.91 Å². The van der Waals surface area contributed by atoms with Crippen molar-refractivity contribution in [2.75, 3.05) is 12.3 Å². The van der Waals surface area contributed by atoms with E-state index in [1.807, 2.05) is 31.2 Å². The number of hydrogen-bond donors (Lipinski definition) is 1. The number of thioether (sulfide) groups is 1. The number of carboxylic acid groups (broad SMARTS) is 1. The van der Waals surface area contributed by atoms with Gasteiger partial charge in [-0.1, -0.05) is 24.3 Å². The second-order valence-corrected chi connectivity index (χ2v) is 5.00. The number of aryl methyl sites for hydroxylation is 1. The third-order valence-corrected chi connectivity index (χ3v) is 3.97. The largest absolute Gasteiger partial charge is 0.480 e. The molecule has 0 bridgehead atoms. The molecule has 1 saturated heterocycles. The van der Waals surface area contributed by atoms with Gasteiger partial charge in [-0.3, -0.25) is 9.59 Å². The SMILES string of the molecule is Cc1ccccc1[C@H]1SCC(=O)N1CC(=O)O. The Hall–Kier alpha value is -1.49. The van der Waals surface area contributed by atoms with Crippen molar-refractivity contribution < 1.29 is 14.7 Å². The highest BCUT2D eigenvalue weighted by Crippen LogP contribution is 2.39. The molecule has 0 saturated carbocycles. The van der Waals surface area contributed by atoms with Crippen LogP contribution in [0.3, 0.4) is 0 Å². The van der Waals surface area contributed by atoms with Gasteiger partial charge in [-0.15, -0.1) is 11.8 Å². The zero-order valence-electron chi connectivity index (χ0n) is 9.42. The van der Waals surface area contributed by atoms with Crippen LogP contribution in [0.15, 0.2) is 24.3 Å². The molecule has 0 radical (unpaired) electrons. The minimum Gasteiger partial charge on any atom is -0.480 e.